The third-order valence-electron chi connectivity index (χ3n) is 3.42. The molecule has 0 heterocycles. The summed E-state index contributed by atoms with van der Waals surface area (Å²) in [6, 6.07) is 7.21. The number of carboxylic acid groups (broad SMARTS) is 1. The van der Waals surface area contributed by atoms with E-state index in [1.807, 2.05) is 25.1 Å². The number of hydrogen-bond donors (Lipinski definition) is 2. The van der Waals surface area contributed by atoms with Crippen LogP contribution < -0.4 is 5.32 Å². The Morgan fingerprint density at radius 2 is 2.21 bits per heavy atom. The van der Waals surface area contributed by atoms with Gasteiger partial charge in [-0.3, -0.25) is 9.59 Å². The predicted octanol–water partition coefficient (Wildman–Crippen LogP) is 2.63. The number of benzene rings is 1. The van der Waals surface area contributed by atoms with Gasteiger partial charge in [0.2, 0.25) is 5.91 Å². The van der Waals surface area contributed by atoms with Gasteiger partial charge in [-0.1, -0.05) is 30.7 Å². The fraction of sp³-hybridized carbons (Fsp3) is 0.429. The molecule has 1 saturated carbocycles. The normalized spacial score (nSPS) is 22.6. The molecule has 0 saturated heterocycles. The molecule has 19 heavy (non-hydrogen) atoms. The molecule has 1 aromatic carbocycles. The summed E-state index contributed by atoms with van der Waals surface area (Å²) in [5, 5.41) is 12.3. The standard InChI is InChI=1S/C14H16ClNO3/c1-2-12(8-4-3-5-9(15)6-8)16-13(17)10-7-11(10)14(18)19/h3-6,10-12H,2,7H2,1H3,(H,16,17)(H,18,19)/t10-,11+,12?/m1/s1. The smallest absolute Gasteiger partial charge is 0.307 e. The number of nitrogens with one attached hydrogen (secondary N) is 1. The molecule has 2 N–H and O–H groups in total. The van der Waals surface area contributed by atoms with Crippen LogP contribution in [0, 0.1) is 11.8 Å². The van der Waals surface area contributed by atoms with Gasteiger partial charge in [-0.2, -0.15) is 0 Å². The van der Waals surface area contributed by atoms with Crippen LogP contribution in [0.4, 0.5) is 0 Å². The van der Waals surface area contributed by atoms with Gasteiger partial charge in [-0.15, -0.1) is 0 Å². The molecule has 102 valence electrons. The molecule has 0 aliphatic heterocycles. The van der Waals surface area contributed by atoms with Crippen LogP contribution in [-0.2, 0) is 9.59 Å². The lowest BCUT2D eigenvalue weighted by Crippen LogP contribution is -2.30. The highest BCUT2D eigenvalue weighted by atomic mass is 35.5. The second-order valence-electron chi connectivity index (χ2n) is 4.81. The molecule has 1 amide bonds. The third-order valence-corrected chi connectivity index (χ3v) is 3.66. The lowest BCUT2D eigenvalue weighted by Gasteiger charge is -2.17. The zero-order chi connectivity index (χ0) is 14.0. The first-order valence-electron chi connectivity index (χ1n) is 6.31. The van der Waals surface area contributed by atoms with Crippen LogP contribution in [-0.4, -0.2) is 17.0 Å². The van der Waals surface area contributed by atoms with E-state index in [2.05, 4.69) is 5.32 Å². The van der Waals surface area contributed by atoms with Crippen molar-refractivity contribution in [3.63, 3.8) is 0 Å². The minimum atomic E-state index is -0.893. The van der Waals surface area contributed by atoms with Crippen LogP contribution in [0.25, 0.3) is 0 Å². The van der Waals surface area contributed by atoms with E-state index >= 15 is 0 Å². The summed E-state index contributed by atoms with van der Waals surface area (Å²) >= 11 is 5.93. The lowest BCUT2D eigenvalue weighted by molar-refractivity contribution is -0.140. The van der Waals surface area contributed by atoms with Crippen LogP contribution in [0.1, 0.15) is 31.4 Å². The second kappa shape index (κ2) is 5.61. The molecule has 0 radical (unpaired) electrons. The molecule has 0 aromatic heterocycles. The van der Waals surface area contributed by atoms with Crippen LogP contribution in [0.3, 0.4) is 0 Å². The van der Waals surface area contributed by atoms with E-state index in [1.165, 1.54) is 0 Å². The Kier molecular flexibility index (Phi) is 4.10. The van der Waals surface area contributed by atoms with Crippen molar-refractivity contribution in [2.45, 2.75) is 25.8 Å². The average Bonchev–Trinajstić information content (AvgIpc) is 3.16. The van der Waals surface area contributed by atoms with Crippen molar-refractivity contribution in [3.05, 3.63) is 34.9 Å². The molecule has 1 aliphatic carbocycles. The minimum absolute atomic E-state index is 0.124. The number of halogens is 1. The zero-order valence-corrected chi connectivity index (χ0v) is 11.4. The molecule has 1 aromatic rings. The summed E-state index contributed by atoms with van der Waals surface area (Å²) < 4.78 is 0. The van der Waals surface area contributed by atoms with Crippen molar-refractivity contribution in [3.8, 4) is 0 Å². The van der Waals surface area contributed by atoms with Crippen LogP contribution in [0.2, 0.25) is 5.02 Å². The monoisotopic (exact) mass is 281 g/mol. The van der Waals surface area contributed by atoms with Crippen LogP contribution in [0.15, 0.2) is 24.3 Å². The minimum Gasteiger partial charge on any atom is -0.481 e. The Morgan fingerprint density at radius 1 is 1.47 bits per heavy atom. The highest BCUT2D eigenvalue weighted by Crippen LogP contribution is 2.39. The van der Waals surface area contributed by atoms with Gasteiger partial charge < -0.3 is 10.4 Å². The highest BCUT2D eigenvalue weighted by Gasteiger charge is 2.48. The van der Waals surface area contributed by atoms with E-state index in [0.717, 1.165) is 12.0 Å². The first-order chi connectivity index (χ1) is 9.02. The summed E-state index contributed by atoms with van der Waals surface area (Å²) in [5.41, 5.74) is 0.941. The van der Waals surface area contributed by atoms with Crippen LogP contribution >= 0.6 is 11.6 Å². The summed E-state index contributed by atoms with van der Waals surface area (Å²) in [6.07, 6.45) is 1.17. The first kappa shape index (κ1) is 13.9. The number of carbonyl (C=O) groups excluding carboxylic acids is 1. The molecule has 1 aliphatic rings. The van der Waals surface area contributed by atoms with E-state index in [9.17, 15) is 9.59 Å². The molecule has 0 bridgehead atoms. The Hall–Kier alpha value is -1.55. The zero-order valence-electron chi connectivity index (χ0n) is 10.6. The van der Waals surface area contributed by atoms with Gasteiger partial charge >= 0.3 is 5.97 Å². The Bertz CT molecular complexity index is 503. The van der Waals surface area contributed by atoms with Gasteiger partial charge in [0, 0.05) is 5.02 Å². The van der Waals surface area contributed by atoms with E-state index < -0.39 is 11.9 Å². The van der Waals surface area contributed by atoms with Crippen molar-refractivity contribution in [1.82, 2.24) is 5.32 Å². The largest absolute Gasteiger partial charge is 0.481 e. The molecule has 5 heteroatoms. The van der Waals surface area contributed by atoms with Crippen molar-refractivity contribution in [2.24, 2.45) is 11.8 Å². The fourth-order valence-corrected chi connectivity index (χ4v) is 2.38. The van der Waals surface area contributed by atoms with E-state index in [4.69, 9.17) is 16.7 Å². The first-order valence-corrected chi connectivity index (χ1v) is 6.69. The van der Waals surface area contributed by atoms with E-state index in [-0.39, 0.29) is 17.9 Å². The summed E-state index contributed by atoms with van der Waals surface area (Å²) in [4.78, 5) is 22.7. The van der Waals surface area contributed by atoms with Crippen LogP contribution in [0.5, 0.6) is 0 Å². The molecule has 1 fully saturated rings. The molecular formula is C14H16ClNO3. The number of aliphatic carboxylic acids is 1. The second-order valence-corrected chi connectivity index (χ2v) is 5.25. The van der Waals surface area contributed by atoms with Gasteiger partial charge in [0.05, 0.1) is 17.9 Å². The molecule has 2 rings (SSSR count). The molecule has 4 nitrogen and oxygen atoms in total. The van der Waals surface area contributed by atoms with Gasteiger partial charge in [-0.25, -0.2) is 0 Å². The van der Waals surface area contributed by atoms with E-state index in [1.54, 1.807) is 6.07 Å². The summed E-state index contributed by atoms with van der Waals surface area (Å²) in [5.74, 6) is -1.97. The fourth-order valence-electron chi connectivity index (χ4n) is 2.18. The SMILES string of the molecule is CCC(NC(=O)[C@@H]1C[C@@H]1C(=O)O)c1cccc(Cl)c1. The van der Waals surface area contributed by atoms with Crippen molar-refractivity contribution in [2.75, 3.05) is 0 Å². The Labute approximate surface area is 116 Å². The highest BCUT2D eigenvalue weighted by molar-refractivity contribution is 6.30. The third kappa shape index (κ3) is 3.26. The van der Waals surface area contributed by atoms with Crippen molar-refractivity contribution < 1.29 is 14.7 Å². The van der Waals surface area contributed by atoms with E-state index in [0.29, 0.717) is 11.4 Å². The number of amides is 1. The average molecular weight is 282 g/mol. The Morgan fingerprint density at radius 3 is 2.74 bits per heavy atom. The maximum atomic E-state index is 11.9. The maximum Gasteiger partial charge on any atom is 0.307 e. The number of hydrogen-bond acceptors (Lipinski definition) is 2. The van der Waals surface area contributed by atoms with Crippen molar-refractivity contribution in [1.29, 1.82) is 0 Å². The molecule has 0 spiro atoms. The summed E-state index contributed by atoms with van der Waals surface area (Å²) in [6.45, 7) is 1.97. The number of rotatable bonds is 5. The number of carbonyl (C=O) groups is 2. The van der Waals surface area contributed by atoms with Gasteiger partial charge in [0.1, 0.15) is 0 Å². The quantitative estimate of drug-likeness (QED) is 0.872. The maximum absolute atomic E-state index is 11.9. The summed E-state index contributed by atoms with van der Waals surface area (Å²) in [7, 11) is 0. The van der Waals surface area contributed by atoms with Gasteiger partial charge in [0.25, 0.3) is 0 Å². The number of carboxylic acids is 1. The molecule has 3 atom stereocenters. The van der Waals surface area contributed by atoms with Gasteiger partial charge in [0.15, 0.2) is 0 Å². The molecule has 1 unspecified atom stereocenters. The van der Waals surface area contributed by atoms with Crippen molar-refractivity contribution >= 4 is 23.5 Å². The van der Waals surface area contributed by atoms with Gasteiger partial charge in [-0.05, 0) is 30.5 Å². The lowest BCUT2D eigenvalue weighted by atomic mass is 10.0. The Balaban J connectivity index is 2.00. The topological polar surface area (TPSA) is 66.4 Å². The predicted molar refractivity (Wildman–Crippen MR) is 71.9 cm³/mol. The molecular weight excluding hydrogens is 266 g/mol.